The van der Waals surface area contributed by atoms with E-state index in [1.54, 1.807) is 24.3 Å². The van der Waals surface area contributed by atoms with Crippen LogP contribution in [-0.4, -0.2) is 20.1 Å². The third kappa shape index (κ3) is 3.46. The zero-order chi connectivity index (χ0) is 15.5. The number of nitrogen functional groups attached to an aromatic ring is 1. The highest BCUT2D eigenvalue weighted by Crippen LogP contribution is 2.22. The molecule has 112 valence electrons. The molecule has 0 bridgehead atoms. The summed E-state index contributed by atoms with van der Waals surface area (Å²) < 4.78 is 5.17. The predicted molar refractivity (Wildman–Crippen MR) is 83.6 cm³/mol. The van der Waals surface area contributed by atoms with Crippen molar-refractivity contribution >= 4 is 29.2 Å². The normalized spacial score (nSPS) is 10.8. The smallest absolute Gasteiger partial charge is 0.253 e. The summed E-state index contributed by atoms with van der Waals surface area (Å²) in [4.78, 5) is 22.1. The summed E-state index contributed by atoms with van der Waals surface area (Å²) in [5.74, 6) is 1.42. The fourth-order valence-electron chi connectivity index (χ4n) is 1.68. The lowest BCUT2D eigenvalue weighted by atomic mass is 10.2. The van der Waals surface area contributed by atoms with Gasteiger partial charge in [-0.05, 0) is 24.3 Å². The van der Waals surface area contributed by atoms with E-state index >= 15 is 0 Å². The quantitative estimate of drug-likeness (QED) is 0.556. The van der Waals surface area contributed by atoms with Gasteiger partial charge in [0.1, 0.15) is 5.82 Å². The first-order valence-electron chi connectivity index (χ1n) is 6.18. The zero-order valence-electron chi connectivity index (χ0n) is 11.1. The van der Waals surface area contributed by atoms with Crippen LogP contribution < -0.4 is 11.3 Å². The lowest BCUT2D eigenvalue weighted by Crippen LogP contribution is -2.09. The number of halogens is 1. The second kappa shape index (κ2) is 6.20. The van der Waals surface area contributed by atoms with Crippen LogP contribution in [0, 0.1) is 0 Å². The lowest BCUT2D eigenvalue weighted by molar-refractivity contribution is 0.391. The largest absolute Gasteiger partial charge is 0.383 e. The Labute approximate surface area is 133 Å². The first kappa shape index (κ1) is 14.6. The molecule has 0 saturated carbocycles. The van der Waals surface area contributed by atoms with Gasteiger partial charge in [-0.1, -0.05) is 28.5 Å². The Balaban J connectivity index is 1.71. The van der Waals surface area contributed by atoms with Crippen molar-refractivity contribution in [2.45, 2.75) is 10.9 Å². The van der Waals surface area contributed by atoms with Gasteiger partial charge in [0, 0.05) is 16.7 Å². The van der Waals surface area contributed by atoms with Crippen molar-refractivity contribution in [1.82, 2.24) is 20.1 Å². The molecule has 0 fully saturated rings. The van der Waals surface area contributed by atoms with Crippen LogP contribution in [0.4, 0.5) is 5.82 Å². The molecule has 1 aromatic carbocycles. The lowest BCUT2D eigenvalue weighted by Gasteiger charge is -1.98. The highest BCUT2D eigenvalue weighted by atomic mass is 35.5. The van der Waals surface area contributed by atoms with Gasteiger partial charge in [-0.3, -0.25) is 4.79 Å². The van der Waals surface area contributed by atoms with Crippen molar-refractivity contribution in [3.8, 4) is 11.4 Å². The van der Waals surface area contributed by atoms with Gasteiger partial charge in [-0.2, -0.15) is 4.98 Å². The van der Waals surface area contributed by atoms with Crippen molar-refractivity contribution in [2.24, 2.45) is 0 Å². The highest BCUT2D eigenvalue weighted by Gasteiger charge is 2.10. The van der Waals surface area contributed by atoms with Crippen molar-refractivity contribution in [1.29, 1.82) is 0 Å². The summed E-state index contributed by atoms with van der Waals surface area (Å²) in [6.07, 6.45) is 0. The number of nitrogens with two attached hydrogens (primary N) is 1. The van der Waals surface area contributed by atoms with Gasteiger partial charge in [0.15, 0.2) is 5.16 Å². The molecule has 3 rings (SSSR count). The molecule has 22 heavy (non-hydrogen) atoms. The number of nitrogens with zero attached hydrogens (tertiary/aromatic N) is 3. The molecule has 7 nitrogen and oxygen atoms in total. The van der Waals surface area contributed by atoms with Gasteiger partial charge in [-0.25, -0.2) is 4.98 Å². The maximum atomic E-state index is 11.3. The standard InChI is InChI=1S/C13H10ClN5O2S/c14-8-3-1-7(2-4-8)12-18-11(21-19-12)6-22-13-16-9(15)5-10(20)17-13/h1-5H,6H2,(H3,15,16,17,20). The number of rotatable bonds is 4. The number of H-pyrrole nitrogens is 1. The molecule has 3 aromatic rings. The van der Waals surface area contributed by atoms with E-state index in [1.165, 1.54) is 17.8 Å². The van der Waals surface area contributed by atoms with Gasteiger partial charge >= 0.3 is 0 Å². The molecule has 0 aliphatic rings. The third-order valence-electron chi connectivity index (χ3n) is 2.64. The van der Waals surface area contributed by atoms with Gasteiger partial charge in [0.25, 0.3) is 5.56 Å². The summed E-state index contributed by atoms with van der Waals surface area (Å²) >= 11 is 7.08. The third-order valence-corrected chi connectivity index (χ3v) is 3.75. The Bertz CT molecular complexity index is 846. The van der Waals surface area contributed by atoms with Crippen molar-refractivity contribution in [3.63, 3.8) is 0 Å². The molecular formula is C13H10ClN5O2S. The zero-order valence-corrected chi connectivity index (χ0v) is 12.7. The Kier molecular flexibility index (Phi) is 4.12. The summed E-state index contributed by atoms with van der Waals surface area (Å²) in [7, 11) is 0. The fraction of sp³-hybridized carbons (Fsp3) is 0.0769. The van der Waals surface area contributed by atoms with Crippen LogP contribution in [-0.2, 0) is 5.75 Å². The molecule has 0 aliphatic carbocycles. The average Bonchev–Trinajstić information content (AvgIpc) is 2.94. The van der Waals surface area contributed by atoms with E-state index < -0.39 is 0 Å². The van der Waals surface area contributed by atoms with E-state index in [-0.39, 0.29) is 11.4 Å². The van der Waals surface area contributed by atoms with Gasteiger partial charge in [0.05, 0.1) is 5.75 Å². The average molecular weight is 336 g/mol. The van der Waals surface area contributed by atoms with E-state index in [2.05, 4.69) is 20.1 Å². The molecule has 3 N–H and O–H groups in total. The first-order valence-corrected chi connectivity index (χ1v) is 7.55. The molecule has 2 aromatic heterocycles. The van der Waals surface area contributed by atoms with Crippen LogP contribution in [0.25, 0.3) is 11.4 Å². The molecule has 9 heteroatoms. The molecule has 0 radical (unpaired) electrons. The van der Waals surface area contributed by atoms with Crippen molar-refractivity contribution in [3.05, 3.63) is 51.6 Å². The fourth-order valence-corrected chi connectivity index (χ4v) is 2.53. The number of hydrogen-bond donors (Lipinski definition) is 2. The van der Waals surface area contributed by atoms with Crippen LogP contribution in [0.3, 0.4) is 0 Å². The molecule has 0 aliphatic heterocycles. The van der Waals surface area contributed by atoms with Gasteiger partial charge in [0.2, 0.25) is 11.7 Å². The molecule has 0 spiro atoms. The van der Waals surface area contributed by atoms with Crippen LogP contribution in [0.1, 0.15) is 5.89 Å². The van der Waals surface area contributed by atoms with Crippen LogP contribution in [0.5, 0.6) is 0 Å². The van der Waals surface area contributed by atoms with E-state index in [0.717, 1.165) is 5.56 Å². The van der Waals surface area contributed by atoms with E-state index in [4.69, 9.17) is 21.9 Å². The molecule has 2 heterocycles. The molecule has 0 unspecified atom stereocenters. The summed E-state index contributed by atoms with van der Waals surface area (Å²) in [5, 5.41) is 4.94. The number of nitrogens with one attached hydrogen (secondary N) is 1. The Morgan fingerprint density at radius 2 is 2.05 bits per heavy atom. The van der Waals surface area contributed by atoms with Gasteiger partial charge in [-0.15, -0.1) is 0 Å². The van der Waals surface area contributed by atoms with Crippen molar-refractivity contribution in [2.75, 3.05) is 5.73 Å². The molecular weight excluding hydrogens is 326 g/mol. The predicted octanol–water partition coefficient (Wildman–Crippen LogP) is 2.35. The maximum Gasteiger partial charge on any atom is 0.253 e. The van der Waals surface area contributed by atoms with Crippen LogP contribution in [0.15, 0.2) is 44.8 Å². The van der Waals surface area contributed by atoms with E-state index in [1.807, 2.05) is 0 Å². The minimum Gasteiger partial charge on any atom is -0.383 e. The Hall–Kier alpha value is -2.32. The number of thioether (sulfide) groups is 1. The van der Waals surface area contributed by atoms with E-state index in [0.29, 0.717) is 27.6 Å². The highest BCUT2D eigenvalue weighted by molar-refractivity contribution is 7.98. The molecule has 0 amide bonds. The molecule has 0 saturated heterocycles. The molecule has 0 atom stereocenters. The number of aromatic nitrogens is 4. The number of benzene rings is 1. The SMILES string of the molecule is Nc1cc(=O)[nH]c(SCc2nc(-c3ccc(Cl)cc3)no2)n1. The Morgan fingerprint density at radius 1 is 1.27 bits per heavy atom. The number of aromatic amines is 1. The number of hydrogen-bond acceptors (Lipinski definition) is 7. The topological polar surface area (TPSA) is 111 Å². The Morgan fingerprint density at radius 3 is 2.77 bits per heavy atom. The van der Waals surface area contributed by atoms with Crippen molar-refractivity contribution < 1.29 is 4.52 Å². The maximum absolute atomic E-state index is 11.3. The number of anilines is 1. The monoisotopic (exact) mass is 335 g/mol. The summed E-state index contributed by atoms with van der Waals surface area (Å²) in [5.41, 5.74) is 6.02. The second-order valence-corrected chi connectivity index (χ2v) is 5.68. The summed E-state index contributed by atoms with van der Waals surface area (Å²) in [6, 6.07) is 8.34. The van der Waals surface area contributed by atoms with E-state index in [9.17, 15) is 4.79 Å². The first-order chi connectivity index (χ1) is 10.6. The minimum atomic E-state index is -0.303. The minimum absolute atomic E-state index is 0.165. The van der Waals surface area contributed by atoms with Crippen LogP contribution in [0.2, 0.25) is 5.02 Å². The van der Waals surface area contributed by atoms with Crippen LogP contribution >= 0.6 is 23.4 Å². The summed E-state index contributed by atoms with van der Waals surface area (Å²) in [6.45, 7) is 0. The van der Waals surface area contributed by atoms with Gasteiger partial charge < -0.3 is 15.2 Å². The second-order valence-electron chi connectivity index (χ2n) is 4.28.